The number of aliphatic hydroxyl groups is 1. The fourth-order valence-corrected chi connectivity index (χ4v) is 2.77. The van der Waals surface area contributed by atoms with Crippen LogP contribution < -0.4 is 11.1 Å². The molecular weight excluding hydrogens is 260 g/mol. The summed E-state index contributed by atoms with van der Waals surface area (Å²) in [6.07, 6.45) is 4.30. The molecule has 2 rings (SSSR count). The molecule has 1 heterocycles. The molecule has 4 N–H and O–H groups in total. The molecule has 2 atom stereocenters. The molecular formula is C13H20N4O3. The third-order valence-corrected chi connectivity index (χ3v) is 3.92. The van der Waals surface area contributed by atoms with E-state index in [1.165, 1.54) is 12.1 Å². The molecule has 0 spiro atoms. The molecule has 1 saturated carbocycles. The first-order valence-electron chi connectivity index (χ1n) is 6.87. The van der Waals surface area contributed by atoms with Gasteiger partial charge in [0, 0.05) is 19.2 Å². The van der Waals surface area contributed by atoms with Crippen molar-refractivity contribution in [3.05, 3.63) is 22.2 Å². The summed E-state index contributed by atoms with van der Waals surface area (Å²) >= 11 is 0. The normalized spacial score (nSPS) is 22.4. The third-order valence-electron chi connectivity index (χ3n) is 3.92. The molecule has 2 unspecified atom stereocenters. The van der Waals surface area contributed by atoms with Gasteiger partial charge in [-0.1, -0.05) is 12.8 Å². The number of nitrogens with zero attached hydrogens (tertiary/aromatic N) is 2. The highest BCUT2D eigenvalue weighted by molar-refractivity contribution is 5.59. The molecule has 1 aliphatic carbocycles. The number of nitrogens with one attached hydrogen (secondary N) is 1. The highest BCUT2D eigenvalue weighted by atomic mass is 16.6. The second kappa shape index (κ2) is 6.51. The second-order valence-electron chi connectivity index (χ2n) is 5.23. The van der Waals surface area contributed by atoms with E-state index in [0.29, 0.717) is 12.5 Å². The number of hydrogen-bond donors (Lipinski definition) is 3. The van der Waals surface area contributed by atoms with Crippen LogP contribution in [0.15, 0.2) is 12.1 Å². The summed E-state index contributed by atoms with van der Waals surface area (Å²) in [5.41, 5.74) is 5.50. The van der Waals surface area contributed by atoms with E-state index < -0.39 is 4.92 Å². The Kier molecular flexibility index (Phi) is 4.73. The molecule has 0 aromatic carbocycles. The van der Waals surface area contributed by atoms with Crippen molar-refractivity contribution in [2.75, 3.05) is 24.2 Å². The third kappa shape index (κ3) is 3.36. The van der Waals surface area contributed by atoms with Gasteiger partial charge in [-0.15, -0.1) is 0 Å². The van der Waals surface area contributed by atoms with Crippen LogP contribution in [0.3, 0.4) is 0 Å². The number of aromatic nitrogens is 1. The maximum atomic E-state index is 10.9. The van der Waals surface area contributed by atoms with Gasteiger partial charge in [0.15, 0.2) is 0 Å². The van der Waals surface area contributed by atoms with E-state index >= 15 is 0 Å². The van der Waals surface area contributed by atoms with Gasteiger partial charge in [0.25, 0.3) is 0 Å². The Hall–Kier alpha value is -1.89. The largest absolute Gasteiger partial charge is 0.396 e. The maximum Gasteiger partial charge on any atom is 0.311 e. The minimum Gasteiger partial charge on any atom is -0.396 e. The highest BCUT2D eigenvalue weighted by Crippen LogP contribution is 2.31. The van der Waals surface area contributed by atoms with Gasteiger partial charge in [0.1, 0.15) is 5.82 Å². The van der Waals surface area contributed by atoms with Crippen molar-refractivity contribution in [1.82, 2.24) is 4.98 Å². The van der Waals surface area contributed by atoms with Gasteiger partial charge < -0.3 is 16.2 Å². The standard InChI is InChI=1S/C13H20N4O3/c14-12-6-5-11(17(19)20)13(16-12)15-7-9-3-1-2-4-10(9)8-18/h5-6,9-10,18H,1-4,7-8H2,(H3,14,15,16). The SMILES string of the molecule is Nc1ccc([N+](=O)[O-])c(NCC2CCCCC2CO)n1. The van der Waals surface area contributed by atoms with Gasteiger partial charge in [-0.25, -0.2) is 4.98 Å². The lowest BCUT2D eigenvalue weighted by molar-refractivity contribution is -0.384. The van der Waals surface area contributed by atoms with Crippen LogP contribution in [-0.2, 0) is 0 Å². The summed E-state index contributed by atoms with van der Waals surface area (Å²) in [6.45, 7) is 0.737. The summed E-state index contributed by atoms with van der Waals surface area (Å²) < 4.78 is 0. The number of nitrogens with two attached hydrogens (primary N) is 1. The molecule has 1 fully saturated rings. The monoisotopic (exact) mass is 280 g/mol. The molecule has 0 radical (unpaired) electrons. The zero-order valence-electron chi connectivity index (χ0n) is 11.3. The number of anilines is 2. The van der Waals surface area contributed by atoms with Gasteiger partial charge in [-0.3, -0.25) is 10.1 Å². The minimum absolute atomic E-state index is 0.0736. The van der Waals surface area contributed by atoms with Crippen molar-refractivity contribution >= 4 is 17.3 Å². The number of nitrogen functional groups attached to an aromatic ring is 1. The Bertz CT molecular complexity index is 481. The summed E-state index contributed by atoms with van der Waals surface area (Å²) in [4.78, 5) is 14.5. The molecule has 7 nitrogen and oxygen atoms in total. The molecule has 0 bridgehead atoms. The topological polar surface area (TPSA) is 114 Å². The zero-order chi connectivity index (χ0) is 14.5. The molecule has 0 saturated heterocycles. The minimum atomic E-state index is -0.473. The van der Waals surface area contributed by atoms with E-state index in [-0.39, 0.29) is 29.8 Å². The molecule has 1 aliphatic rings. The Morgan fingerprint density at radius 2 is 2.10 bits per heavy atom. The molecule has 7 heteroatoms. The first-order valence-corrected chi connectivity index (χ1v) is 6.87. The summed E-state index contributed by atoms with van der Waals surface area (Å²) in [5, 5.41) is 23.3. The van der Waals surface area contributed by atoms with Gasteiger partial charge in [-0.05, 0) is 30.7 Å². The van der Waals surface area contributed by atoms with Crippen LogP contribution in [0.5, 0.6) is 0 Å². The Morgan fingerprint density at radius 1 is 1.40 bits per heavy atom. The first-order chi connectivity index (χ1) is 9.61. The molecule has 0 amide bonds. The zero-order valence-corrected chi connectivity index (χ0v) is 11.3. The first kappa shape index (κ1) is 14.5. The van der Waals surface area contributed by atoms with Crippen LogP contribution in [0.1, 0.15) is 25.7 Å². The lowest BCUT2D eigenvalue weighted by atomic mass is 9.79. The van der Waals surface area contributed by atoms with Gasteiger partial charge >= 0.3 is 5.69 Å². The molecule has 1 aromatic heterocycles. The quantitative estimate of drug-likeness (QED) is 0.559. The van der Waals surface area contributed by atoms with E-state index in [2.05, 4.69) is 10.3 Å². The predicted octanol–water partition coefficient (Wildman–Crippen LogP) is 1.78. The van der Waals surface area contributed by atoms with E-state index in [1.807, 2.05) is 0 Å². The van der Waals surface area contributed by atoms with Crippen molar-refractivity contribution in [2.45, 2.75) is 25.7 Å². The van der Waals surface area contributed by atoms with Crippen molar-refractivity contribution < 1.29 is 10.0 Å². The fourth-order valence-electron chi connectivity index (χ4n) is 2.77. The Morgan fingerprint density at radius 3 is 2.75 bits per heavy atom. The van der Waals surface area contributed by atoms with E-state index in [0.717, 1.165) is 25.7 Å². The molecule has 0 aliphatic heterocycles. The fraction of sp³-hybridized carbons (Fsp3) is 0.615. The van der Waals surface area contributed by atoms with Crippen LogP contribution in [0, 0.1) is 22.0 Å². The van der Waals surface area contributed by atoms with Gasteiger partial charge in [-0.2, -0.15) is 0 Å². The van der Waals surface area contributed by atoms with Crippen LogP contribution in [0.25, 0.3) is 0 Å². The Labute approximate surface area is 117 Å². The van der Waals surface area contributed by atoms with Gasteiger partial charge in [0.05, 0.1) is 4.92 Å². The van der Waals surface area contributed by atoms with Crippen molar-refractivity contribution in [3.63, 3.8) is 0 Å². The van der Waals surface area contributed by atoms with E-state index in [1.54, 1.807) is 0 Å². The van der Waals surface area contributed by atoms with Crippen LogP contribution in [0.4, 0.5) is 17.3 Å². The molecule has 20 heavy (non-hydrogen) atoms. The summed E-state index contributed by atoms with van der Waals surface area (Å²) in [6, 6.07) is 2.77. The maximum absolute atomic E-state index is 10.9. The van der Waals surface area contributed by atoms with Crippen molar-refractivity contribution in [1.29, 1.82) is 0 Å². The second-order valence-corrected chi connectivity index (χ2v) is 5.23. The lowest BCUT2D eigenvalue weighted by Crippen LogP contribution is -2.29. The number of aliphatic hydroxyl groups excluding tert-OH is 1. The van der Waals surface area contributed by atoms with Gasteiger partial charge in [0.2, 0.25) is 5.82 Å². The van der Waals surface area contributed by atoms with E-state index in [4.69, 9.17) is 5.73 Å². The molecule has 110 valence electrons. The van der Waals surface area contributed by atoms with Crippen molar-refractivity contribution in [2.24, 2.45) is 11.8 Å². The lowest BCUT2D eigenvalue weighted by Gasteiger charge is -2.30. The highest BCUT2D eigenvalue weighted by Gasteiger charge is 2.25. The van der Waals surface area contributed by atoms with Crippen LogP contribution in [-0.4, -0.2) is 28.2 Å². The predicted molar refractivity (Wildman–Crippen MR) is 76.3 cm³/mol. The Balaban J connectivity index is 2.06. The van der Waals surface area contributed by atoms with Crippen LogP contribution >= 0.6 is 0 Å². The number of rotatable bonds is 5. The van der Waals surface area contributed by atoms with E-state index in [9.17, 15) is 15.2 Å². The number of hydrogen-bond acceptors (Lipinski definition) is 6. The molecule has 1 aromatic rings. The average molecular weight is 280 g/mol. The smallest absolute Gasteiger partial charge is 0.311 e. The summed E-state index contributed by atoms with van der Waals surface area (Å²) in [5.74, 6) is 1.03. The van der Waals surface area contributed by atoms with Crippen molar-refractivity contribution in [3.8, 4) is 0 Å². The number of nitro groups is 1. The average Bonchev–Trinajstić information content (AvgIpc) is 2.45. The summed E-state index contributed by atoms with van der Waals surface area (Å²) in [7, 11) is 0. The number of pyridine rings is 1. The van der Waals surface area contributed by atoms with Crippen LogP contribution in [0.2, 0.25) is 0 Å².